The summed E-state index contributed by atoms with van der Waals surface area (Å²) in [6, 6.07) is 14.9. The Kier molecular flexibility index (Phi) is 3.65. The Hall–Kier alpha value is -2.29. The van der Waals surface area contributed by atoms with Gasteiger partial charge in [-0.2, -0.15) is 0 Å². The summed E-state index contributed by atoms with van der Waals surface area (Å²) in [7, 11) is 0. The van der Waals surface area contributed by atoms with Crippen molar-refractivity contribution < 1.29 is 9.13 Å². The van der Waals surface area contributed by atoms with E-state index in [4.69, 9.17) is 4.74 Å². The van der Waals surface area contributed by atoms with Crippen molar-refractivity contribution >= 4 is 10.9 Å². The maximum atomic E-state index is 13.4. The largest absolute Gasteiger partial charge is 0.487 e. The Morgan fingerprint density at radius 1 is 1.10 bits per heavy atom. The van der Waals surface area contributed by atoms with Crippen LogP contribution in [0.3, 0.4) is 0 Å². The third-order valence-electron chi connectivity index (χ3n) is 3.64. The molecule has 0 aliphatic carbocycles. The molecule has 3 rings (SSSR count). The van der Waals surface area contributed by atoms with Crippen LogP contribution in [0.5, 0.6) is 5.75 Å². The first kappa shape index (κ1) is 13.7. The summed E-state index contributed by atoms with van der Waals surface area (Å²) in [5.41, 5.74) is 3.14. The quantitative estimate of drug-likeness (QED) is 0.677. The molecule has 0 unspecified atom stereocenters. The summed E-state index contributed by atoms with van der Waals surface area (Å²) in [4.78, 5) is 0. The Balaban J connectivity index is 1.90. The van der Waals surface area contributed by atoms with E-state index in [1.807, 2.05) is 37.3 Å². The summed E-state index contributed by atoms with van der Waals surface area (Å²) in [6.45, 7) is 5.37. The highest BCUT2D eigenvalue weighted by molar-refractivity contribution is 5.81. The van der Waals surface area contributed by atoms with E-state index in [9.17, 15) is 4.39 Å². The van der Waals surface area contributed by atoms with E-state index in [1.54, 1.807) is 6.07 Å². The lowest BCUT2D eigenvalue weighted by Crippen LogP contribution is -2.04. The zero-order valence-corrected chi connectivity index (χ0v) is 12.3. The van der Waals surface area contributed by atoms with Crippen LogP contribution in [-0.2, 0) is 13.2 Å². The maximum absolute atomic E-state index is 13.4. The fourth-order valence-corrected chi connectivity index (χ4v) is 2.64. The molecule has 2 aromatic carbocycles. The highest BCUT2D eigenvalue weighted by Gasteiger charge is 2.09. The van der Waals surface area contributed by atoms with Crippen molar-refractivity contribution in [2.45, 2.75) is 27.0 Å². The minimum absolute atomic E-state index is 0.207. The van der Waals surface area contributed by atoms with Gasteiger partial charge in [0.1, 0.15) is 18.2 Å². The number of fused-ring (bicyclic) bond motifs is 1. The molecule has 0 fully saturated rings. The fraction of sp³-hybridized carbons (Fsp3) is 0.222. The van der Waals surface area contributed by atoms with E-state index < -0.39 is 0 Å². The van der Waals surface area contributed by atoms with Crippen LogP contribution < -0.4 is 4.74 Å². The third kappa shape index (κ3) is 2.77. The predicted octanol–water partition coefficient (Wildman–Crippen LogP) is 4.69. The van der Waals surface area contributed by atoms with Crippen molar-refractivity contribution in [2.75, 3.05) is 0 Å². The Bertz CT molecular complexity index is 776. The number of aryl methyl sites for hydroxylation is 2. The number of nitrogens with zero attached hydrogens (tertiary/aromatic N) is 1. The van der Waals surface area contributed by atoms with Crippen LogP contribution in [0.4, 0.5) is 4.39 Å². The van der Waals surface area contributed by atoms with Gasteiger partial charge in [0.05, 0.1) is 11.2 Å². The second-order valence-electron chi connectivity index (χ2n) is 5.19. The molecule has 0 N–H and O–H groups in total. The minimum atomic E-state index is -0.207. The van der Waals surface area contributed by atoms with Crippen LogP contribution in [-0.4, -0.2) is 4.57 Å². The predicted molar refractivity (Wildman–Crippen MR) is 83.1 cm³/mol. The highest BCUT2D eigenvalue weighted by atomic mass is 19.1. The second-order valence-corrected chi connectivity index (χ2v) is 5.19. The normalized spacial score (nSPS) is 11.0. The molecule has 3 heteroatoms. The van der Waals surface area contributed by atoms with Gasteiger partial charge in [0.2, 0.25) is 0 Å². The number of rotatable bonds is 4. The molecule has 0 aliphatic heterocycles. The molecule has 1 heterocycles. The third-order valence-corrected chi connectivity index (χ3v) is 3.64. The molecule has 3 aromatic rings. The van der Waals surface area contributed by atoms with E-state index in [-0.39, 0.29) is 5.82 Å². The smallest absolute Gasteiger partial charge is 0.128 e. The first-order valence-corrected chi connectivity index (χ1v) is 7.14. The second kappa shape index (κ2) is 5.60. The first-order valence-electron chi connectivity index (χ1n) is 7.14. The summed E-state index contributed by atoms with van der Waals surface area (Å²) in [5.74, 6) is 0.649. The molecule has 108 valence electrons. The lowest BCUT2D eigenvalue weighted by Gasteiger charge is -2.10. The average molecular weight is 283 g/mol. The van der Waals surface area contributed by atoms with Crippen molar-refractivity contribution in [1.29, 1.82) is 0 Å². The minimum Gasteiger partial charge on any atom is -0.487 e. The van der Waals surface area contributed by atoms with Crippen molar-refractivity contribution in [3.63, 3.8) is 0 Å². The monoisotopic (exact) mass is 283 g/mol. The van der Waals surface area contributed by atoms with Gasteiger partial charge in [-0.3, -0.25) is 0 Å². The highest BCUT2D eigenvalue weighted by Crippen LogP contribution is 2.23. The van der Waals surface area contributed by atoms with Gasteiger partial charge in [-0.25, -0.2) is 4.39 Å². The van der Waals surface area contributed by atoms with Gasteiger partial charge >= 0.3 is 0 Å². The molecular formula is C18H18FNO. The van der Waals surface area contributed by atoms with Crippen LogP contribution in [0.25, 0.3) is 10.9 Å². The molecule has 0 saturated heterocycles. The average Bonchev–Trinajstić information content (AvgIpc) is 2.82. The van der Waals surface area contributed by atoms with Gasteiger partial charge in [-0.05, 0) is 55.8 Å². The molecule has 0 aliphatic rings. The standard InChI is InChI=1S/C18H18FNO/c1-3-20-16(10-14-7-8-15(19)11-18(14)20)12-21-17-6-4-5-13(2)9-17/h4-11H,3,12H2,1-2H3. The van der Waals surface area contributed by atoms with Crippen LogP contribution in [0, 0.1) is 12.7 Å². The van der Waals surface area contributed by atoms with Crippen LogP contribution in [0.1, 0.15) is 18.2 Å². The Labute approximate surface area is 123 Å². The van der Waals surface area contributed by atoms with E-state index in [2.05, 4.69) is 17.6 Å². The lowest BCUT2D eigenvalue weighted by molar-refractivity contribution is 0.296. The van der Waals surface area contributed by atoms with Gasteiger partial charge in [-0.1, -0.05) is 12.1 Å². The Morgan fingerprint density at radius 2 is 1.95 bits per heavy atom. The molecule has 2 nitrogen and oxygen atoms in total. The summed E-state index contributed by atoms with van der Waals surface area (Å²) >= 11 is 0. The van der Waals surface area contributed by atoms with Crippen molar-refractivity contribution in [2.24, 2.45) is 0 Å². The lowest BCUT2D eigenvalue weighted by atomic mass is 10.2. The van der Waals surface area contributed by atoms with Gasteiger partial charge in [-0.15, -0.1) is 0 Å². The number of hydrogen-bond acceptors (Lipinski definition) is 1. The first-order chi connectivity index (χ1) is 10.2. The molecule has 0 amide bonds. The van der Waals surface area contributed by atoms with E-state index >= 15 is 0 Å². The van der Waals surface area contributed by atoms with E-state index in [0.717, 1.165) is 28.9 Å². The van der Waals surface area contributed by atoms with E-state index in [1.165, 1.54) is 11.6 Å². The summed E-state index contributed by atoms with van der Waals surface area (Å²) in [6.07, 6.45) is 0. The molecular weight excluding hydrogens is 265 g/mol. The molecule has 21 heavy (non-hydrogen) atoms. The van der Waals surface area contributed by atoms with Gasteiger partial charge in [0.15, 0.2) is 0 Å². The molecule has 1 aromatic heterocycles. The van der Waals surface area contributed by atoms with Gasteiger partial charge in [0, 0.05) is 11.9 Å². The molecule has 0 radical (unpaired) electrons. The molecule has 0 atom stereocenters. The number of aromatic nitrogens is 1. The zero-order chi connectivity index (χ0) is 14.8. The molecule has 0 spiro atoms. The summed E-state index contributed by atoms with van der Waals surface area (Å²) < 4.78 is 21.4. The summed E-state index contributed by atoms with van der Waals surface area (Å²) in [5, 5.41) is 1.04. The van der Waals surface area contributed by atoms with Gasteiger partial charge < -0.3 is 9.30 Å². The Morgan fingerprint density at radius 3 is 2.71 bits per heavy atom. The fourth-order valence-electron chi connectivity index (χ4n) is 2.64. The number of hydrogen-bond donors (Lipinski definition) is 0. The van der Waals surface area contributed by atoms with Crippen molar-refractivity contribution in [3.05, 3.63) is 65.6 Å². The maximum Gasteiger partial charge on any atom is 0.128 e. The van der Waals surface area contributed by atoms with Crippen LogP contribution in [0.2, 0.25) is 0 Å². The zero-order valence-electron chi connectivity index (χ0n) is 12.3. The van der Waals surface area contributed by atoms with Crippen molar-refractivity contribution in [1.82, 2.24) is 4.57 Å². The molecule has 0 saturated carbocycles. The topological polar surface area (TPSA) is 14.2 Å². The van der Waals surface area contributed by atoms with E-state index in [0.29, 0.717) is 6.61 Å². The SMILES string of the molecule is CCn1c(COc2cccc(C)c2)cc2ccc(F)cc21. The molecule has 0 bridgehead atoms. The number of ether oxygens (including phenoxy) is 1. The van der Waals surface area contributed by atoms with Gasteiger partial charge in [0.25, 0.3) is 0 Å². The van der Waals surface area contributed by atoms with Crippen LogP contribution in [0.15, 0.2) is 48.5 Å². The number of halogens is 1. The number of benzene rings is 2. The van der Waals surface area contributed by atoms with Crippen LogP contribution >= 0.6 is 0 Å². The van der Waals surface area contributed by atoms with Crippen molar-refractivity contribution in [3.8, 4) is 5.75 Å².